The van der Waals surface area contributed by atoms with Crippen molar-refractivity contribution in [2.75, 3.05) is 18.5 Å². The molecule has 1 aromatic rings. The second-order valence-electron chi connectivity index (χ2n) is 5.08. The van der Waals surface area contributed by atoms with Gasteiger partial charge in [0.2, 0.25) is 5.91 Å². The molecule has 19 heavy (non-hydrogen) atoms. The first kappa shape index (κ1) is 12.1. The molecule has 0 aliphatic carbocycles. The number of anilines is 1. The van der Waals surface area contributed by atoms with Gasteiger partial charge in [0, 0.05) is 31.9 Å². The predicted molar refractivity (Wildman–Crippen MR) is 69.5 cm³/mol. The van der Waals surface area contributed by atoms with E-state index in [1.807, 2.05) is 11.7 Å². The van der Waals surface area contributed by atoms with Gasteiger partial charge in [-0.05, 0) is 19.5 Å². The average Bonchev–Trinajstić information content (AvgIpc) is 2.66. The van der Waals surface area contributed by atoms with Gasteiger partial charge >= 0.3 is 0 Å². The van der Waals surface area contributed by atoms with Gasteiger partial charge in [-0.25, -0.2) is 0 Å². The van der Waals surface area contributed by atoms with E-state index in [-0.39, 0.29) is 18.1 Å². The van der Waals surface area contributed by atoms with Crippen molar-refractivity contribution >= 4 is 17.5 Å². The molecule has 0 aromatic carbocycles. The van der Waals surface area contributed by atoms with Crippen molar-refractivity contribution in [1.82, 2.24) is 14.7 Å². The molecule has 6 heteroatoms. The lowest BCUT2D eigenvalue weighted by atomic mass is 10.1. The molecule has 0 saturated carbocycles. The van der Waals surface area contributed by atoms with Gasteiger partial charge in [-0.3, -0.25) is 19.2 Å². The number of hydrogen-bond acceptors (Lipinski definition) is 4. The predicted octanol–water partition coefficient (Wildman–Crippen LogP) is 0.227. The van der Waals surface area contributed by atoms with E-state index < -0.39 is 0 Å². The quantitative estimate of drug-likeness (QED) is 0.678. The van der Waals surface area contributed by atoms with Crippen LogP contribution in [0.25, 0.3) is 0 Å². The van der Waals surface area contributed by atoms with Crippen LogP contribution in [0.5, 0.6) is 0 Å². The van der Waals surface area contributed by atoms with Crippen LogP contribution >= 0.6 is 0 Å². The number of amides is 1. The zero-order chi connectivity index (χ0) is 13.6. The van der Waals surface area contributed by atoms with Crippen molar-refractivity contribution < 1.29 is 9.59 Å². The smallest absolute Gasteiger partial charge is 0.240 e. The van der Waals surface area contributed by atoms with Crippen LogP contribution in [0.15, 0.2) is 12.3 Å². The van der Waals surface area contributed by atoms with Crippen LogP contribution in [-0.2, 0) is 29.6 Å². The molecule has 2 aliphatic heterocycles. The minimum absolute atomic E-state index is 0.0677. The first-order chi connectivity index (χ1) is 9.06. The number of likely N-dealkylation sites (N-methyl/N-ethyl adjacent to an activating group) is 1. The molecule has 6 nitrogen and oxygen atoms in total. The summed E-state index contributed by atoms with van der Waals surface area (Å²) in [6, 6.07) is 0. The van der Waals surface area contributed by atoms with E-state index in [0.29, 0.717) is 5.82 Å². The highest BCUT2D eigenvalue weighted by molar-refractivity contribution is 6.13. The largest absolute Gasteiger partial charge is 0.300 e. The van der Waals surface area contributed by atoms with Gasteiger partial charge in [-0.1, -0.05) is 0 Å². The van der Waals surface area contributed by atoms with Gasteiger partial charge in [0.05, 0.1) is 12.1 Å². The van der Waals surface area contributed by atoms with Crippen molar-refractivity contribution in [1.29, 1.82) is 0 Å². The molecular weight excluding hydrogens is 244 g/mol. The first-order valence-corrected chi connectivity index (χ1v) is 6.32. The van der Waals surface area contributed by atoms with Gasteiger partial charge in [-0.15, -0.1) is 0 Å². The number of fused-ring (bicyclic) bond motifs is 1. The Labute approximate surface area is 111 Å². The van der Waals surface area contributed by atoms with E-state index >= 15 is 0 Å². The Morgan fingerprint density at radius 2 is 2.05 bits per heavy atom. The second kappa shape index (κ2) is 4.31. The SMILES string of the molecule is CN1CCc2c(N3C=CC(=O)CC3=O)nn(C)c2C1. The fourth-order valence-corrected chi connectivity index (χ4v) is 2.59. The zero-order valence-electron chi connectivity index (χ0n) is 11.1. The topological polar surface area (TPSA) is 58.4 Å². The summed E-state index contributed by atoms with van der Waals surface area (Å²) in [6.07, 6.45) is 3.79. The third-order valence-corrected chi connectivity index (χ3v) is 3.65. The number of carbonyl (C=O) groups is 2. The van der Waals surface area contributed by atoms with E-state index in [2.05, 4.69) is 17.0 Å². The Kier molecular flexibility index (Phi) is 2.74. The lowest BCUT2D eigenvalue weighted by molar-refractivity contribution is -0.124. The van der Waals surface area contributed by atoms with Crippen LogP contribution in [-0.4, -0.2) is 40.0 Å². The second-order valence-corrected chi connectivity index (χ2v) is 5.08. The molecular formula is C13H16N4O2. The van der Waals surface area contributed by atoms with Gasteiger partial charge in [0.15, 0.2) is 11.6 Å². The highest BCUT2D eigenvalue weighted by atomic mass is 16.2. The van der Waals surface area contributed by atoms with E-state index in [0.717, 1.165) is 30.8 Å². The molecule has 3 rings (SSSR count). The molecule has 1 aromatic heterocycles. The van der Waals surface area contributed by atoms with E-state index in [1.54, 1.807) is 0 Å². The lowest BCUT2D eigenvalue weighted by Gasteiger charge is -2.25. The number of aryl methyl sites for hydroxylation is 1. The number of carbonyl (C=O) groups excluding carboxylic acids is 2. The summed E-state index contributed by atoms with van der Waals surface area (Å²) in [5.74, 6) is 0.331. The van der Waals surface area contributed by atoms with Crippen molar-refractivity contribution in [3.63, 3.8) is 0 Å². The third-order valence-electron chi connectivity index (χ3n) is 3.65. The number of allylic oxidation sites excluding steroid dienone is 1. The Morgan fingerprint density at radius 1 is 1.26 bits per heavy atom. The standard InChI is InChI=1S/C13H16N4O2/c1-15-5-4-10-11(8-15)16(2)14-13(10)17-6-3-9(18)7-12(17)19/h3,6H,4-5,7-8H2,1-2H3. The van der Waals surface area contributed by atoms with Gasteiger partial charge in [0.1, 0.15) is 0 Å². The van der Waals surface area contributed by atoms with Crippen molar-refractivity contribution in [3.05, 3.63) is 23.5 Å². The summed E-state index contributed by atoms with van der Waals surface area (Å²) in [7, 11) is 3.96. The number of hydrogen-bond donors (Lipinski definition) is 0. The van der Waals surface area contributed by atoms with E-state index in [4.69, 9.17) is 0 Å². The molecule has 0 radical (unpaired) electrons. The fraction of sp³-hybridized carbons (Fsp3) is 0.462. The maximum absolute atomic E-state index is 12.0. The maximum atomic E-state index is 12.0. The van der Waals surface area contributed by atoms with Crippen molar-refractivity contribution in [3.8, 4) is 0 Å². The summed E-state index contributed by atoms with van der Waals surface area (Å²) in [4.78, 5) is 26.9. The first-order valence-electron chi connectivity index (χ1n) is 6.32. The molecule has 1 amide bonds. The van der Waals surface area contributed by atoms with Crippen LogP contribution in [0.2, 0.25) is 0 Å². The van der Waals surface area contributed by atoms with Crippen LogP contribution in [0.3, 0.4) is 0 Å². The van der Waals surface area contributed by atoms with Crippen LogP contribution < -0.4 is 4.90 Å². The minimum Gasteiger partial charge on any atom is -0.300 e. The Bertz CT molecular complexity index is 588. The van der Waals surface area contributed by atoms with Gasteiger partial charge in [-0.2, -0.15) is 5.10 Å². The highest BCUT2D eigenvalue weighted by Gasteiger charge is 2.29. The van der Waals surface area contributed by atoms with Crippen molar-refractivity contribution in [2.45, 2.75) is 19.4 Å². The molecule has 100 valence electrons. The highest BCUT2D eigenvalue weighted by Crippen LogP contribution is 2.29. The molecule has 0 N–H and O–H groups in total. The molecule has 2 aliphatic rings. The molecule has 0 unspecified atom stereocenters. The number of nitrogens with zero attached hydrogens (tertiary/aromatic N) is 4. The monoisotopic (exact) mass is 260 g/mol. The Hall–Kier alpha value is -1.95. The minimum atomic E-state index is -0.202. The van der Waals surface area contributed by atoms with Crippen molar-refractivity contribution in [2.24, 2.45) is 7.05 Å². The average molecular weight is 260 g/mol. The summed E-state index contributed by atoms with van der Waals surface area (Å²) < 4.78 is 1.83. The summed E-state index contributed by atoms with van der Waals surface area (Å²) in [6.45, 7) is 1.79. The summed E-state index contributed by atoms with van der Waals surface area (Å²) >= 11 is 0. The molecule has 0 fully saturated rings. The van der Waals surface area contributed by atoms with E-state index in [9.17, 15) is 9.59 Å². The molecule has 0 atom stereocenters. The van der Waals surface area contributed by atoms with Gasteiger partial charge in [0.25, 0.3) is 0 Å². The summed E-state index contributed by atoms with van der Waals surface area (Å²) in [5.41, 5.74) is 2.26. The normalized spacial score (nSPS) is 20.0. The Morgan fingerprint density at radius 3 is 2.79 bits per heavy atom. The van der Waals surface area contributed by atoms with Crippen LogP contribution in [0.4, 0.5) is 5.82 Å². The molecule has 3 heterocycles. The third kappa shape index (κ3) is 1.98. The summed E-state index contributed by atoms with van der Waals surface area (Å²) in [5, 5.41) is 4.46. The maximum Gasteiger partial charge on any atom is 0.240 e. The van der Waals surface area contributed by atoms with Gasteiger partial charge < -0.3 is 4.90 Å². The number of aromatic nitrogens is 2. The number of ketones is 1. The Balaban J connectivity index is 2.03. The molecule has 0 saturated heterocycles. The van der Waals surface area contributed by atoms with Crippen LogP contribution in [0, 0.1) is 0 Å². The van der Waals surface area contributed by atoms with E-state index in [1.165, 1.54) is 17.2 Å². The zero-order valence-corrected chi connectivity index (χ0v) is 11.1. The molecule has 0 bridgehead atoms. The lowest BCUT2D eigenvalue weighted by Crippen LogP contribution is -2.33. The van der Waals surface area contributed by atoms with Crippen LogP contribution in [0.1, 0.15) is 17.7 Å². The molecule has 0 spiro atoms. The number of rotatable bonds is 1. The fourth-order valence-electron chi connectivity index (χ4n) is 2.59.